The number of likely N-dealkylation sites (N-methyl/N-ethyl adjacent to an activating group) is 1. The number of carbonyl (C=O) groups is 1. The zero-order chi connectivity index (χ0) is 26.6. The van der Waals surface area contributed by atoms with Crippen LogP contribution in [0, 0.1) is 6.92 Å². The molecule has 200 valence electrons. The molecule has 1 aliphatic heterocycles. The van der Waals surface area contributed by atoms with Gasteiger partial charge in [-0.2, -0.15) is 8.42 Å². The number of hydrogen-bond donors (Lipinski definition) is 2. The Kier molecular flexibility index (Phi) is 12.4. The van der Waals surface area contributed by atoms with Crippen LogP contribution in [0.15, 0.2) is 47.4 Å². The van der Waals surface area contributed by atoms with Gasteiger partial charge >= 0.3 is 0 Å². The molecule has 0 aliphatic carbocycles. The van der Waals surface area contributed by atoms with Gasteiger partial charge in [0.15, 0.2) is 6.61 Å². The van der Waals surface area contributed by atoms with Crippen LogP contribution in [-0.4, -0.2) is 67.7 Å². The maximum Gasteiger partial charge on any atom is 0.294 e. The van der Waals surface area contributed by atoms with E-state index in [1.54, 1.807) is 30.3 Å². The van der Waals surface area contributed by atoms with Crippen LogP contribution in [0.2, 0.25) is 0 Å². The third-order valence-corrected chi connectivity index (χ3v) is 6.74. The molecular formula is C27H39NO7S. The number of fused-ring (bicyclic) bond motifs is 1. The van der Waals surface area contributed by atoms with Gasteiger partial charge in [-0.25, -0.2) is 0 Å². The molecule has 1 unspecified atom stereocenters. The van der Waals surface area contributed by atoms with Gasteiger partial charge in [-0.15, -0.1) is 0 Å². The molecule has 0 saturated carbocycles. The summed E-state index contributed by atoms with van der Waals surface area (Å²) >= 11 is 0. The van der Waals surface area contributed by atoms with E-state index in [0.29, 0.717) is 23.6 Å². The highest BCUT2D eigenvalue weighted by molar-refractivity contribution is 7.85. The normalized spacial score (nSPS) is 13.6. The molecule has 0 radical (unpaired) electrons. The molecule has 1 atom stereocenters. The minimum atomic E-state index is -4.02. The van der Waals surface area contributed by atoms with E-state index in [2.05, 4.69) is 18.7 Å². The van der Waals surface area contributed by atoms with E-state index in [9.17, 15) is 18.3 Å². The fourth-order valence-electron chi connectivity index (χ4n) is 3.73. The third-order valence-electron chi connectivity index (χ3n) is 5.87. The van der Waals surface area contributed by atoms with Crippen molar-refractivity contribution in [2.24, 2.45) is 0 Å². The Hall–Kier alpha value is -2.46. The van der Waals surface area contributed by atoms with Gasteiger partial charge in [0.2, 0.25) is 5.78 Å². The molecule has 1 heterocycles. The van der Waals surface area contributed by atoms with Crippen molar-refractivity contribution in [3.8, 4) is 11.5 Å². The summed E-state index contributed by atoms with van der Waals surface area (Å²) in [7, 11) is -4.02. The fraction of sp³-hybridized carbons (Fsp3) is 0.519. The van der Waals surface area contributed by atoms with E-state index in [-0.39, 0.29) is 23.9 Å². The number of ether oxygens (including phenoxy) is 2. The Morgan fingerprint density at radius 3 is 2.39 bits per heavy atom. The number of nitrogens with zero attached hydrogens (tertiary/aromatic N) is 1. The molecule has 0 fully saturated rings. The molecule has 36 heavy (non-hydrogen) atoms. The first-order valence-corrected chi connectivity index (χ1v) is 14.0. The zero-order valence-corrected chi connectivity index (χ0v) is 22.3. The van der Waals surface area contributed by atoms with Gasteiger partial charge < -0.3 is 19.5 Å². The molecule has 2 N–H and O–H groups in total. The second-order valence-electron chi connectivity index (χ2n) is 8.93. The van der Waals surface area contributed by atoms with Crippen molar-refractivity contribution in [1.29, 1.82) is 0 Å². The van der Waals surface area contributed by atoms with Crippen LogP contribution in [0.3, 0.4) is 0 Å². The highest BCUT2D eigenvalue weighted by Gasteiger charge is 2.21. The van der Waals surface area contributed by atoms with Crippen molar-refractivity contribution in [3.05, 3.63) is 53.6 Å². The summed E-state index contributed by atoms with van der Waals surface area (Å²) in [6.45, 7) is 9.09. The molecular weight excluding hydrogens is 482 g/mol. The summed E-state index contributed by atoms with van der Waals surface area (Å²) in [5.74, 6) is 1.19. The smallest absolute Gasteiger partial charge is 0.294 e. The van der Waals surface area contributed by atoms with Gasteiger partial charge in [-0.1, -0.05) is 57.2 Å². The van der Waals surface area contributed by atoms with Crippen LogP contribution in [0.1, 0.15) is 61.9 Å². The van der Waals surface area contributed by atoms with Gasteiger partial charge in [-0.05, 0) is 50.7 Å². The summed E-state index contributed by atoms with van der Waals surface area (Å²) in [5.41, 5.74) is 1.56. The first-order chi connectivity index (χ1) is 17.1. The molecule has 1 aliphatic rings. The number of hydrogen-bond acceptors (Lipinski definition) is 7. The standard InChI is InChI=1S/C20H31NO4.C7H8O3S/c1-3-5-6-7-8-11-21(4-2)13-16(22)14-24-17-9-10-18-19(23)15-25-20(18)12-17;1-6-2-4-7(5-3-6)11(8,9)10/h9-10,12,16,22H,3-8,11,13-15H2,1-2H3;2-5H,1H3,(H,8,9,10). The SMILES string of the molecule is CCCCCCCN(CC)CC(O)COc1ccc2c(c1)OCC2=O.Cc1ccc(S(=O)(=O)O)cc1. The quantitative estimate of drug-likeness (QED) is 0.292. The third kappa shape index (κ3) is 10.3. The molecule has 2 aromatic carbocycles. The monoisotopic (exact) mass is 521 g/mol. The average molecular weight is 522 g/mol. The summed E-state index contributed by atoms with van der Waals surface area (Å²) < 4.78 is 40.5. The van der Waals surface area contributed by atoms with Crippen molar-refractivity contribution in [2.45, 2.75) is 63.9 Å². The highest BCUT2D eigenvalue weighted by Crippen LogP contribution is 2.29. The molecule has 3 rings (SSSR count). The average Bonchev–Trinajstić information content (AvgIpc) is 3.22. The number of aliphatic hydroxyl groups excluding tert-OH is 1. The molecule has 2 aromatic rings. The number of unbranched alkanes of at least 4 members (excludes halogenated alkanes) is 4. The van der Waals surface area contributed by atoms with Gasteiger partial charge in [0.25, 0.3) is 10.1 Å². The molecule has 9 heteroatoms. The van der Waals surface area contributed by atoms with Crippen LogP contribution < -0.4 is 9.47 Å². The predicted molar refractivity (Wildman–Crippen MR) is 140 cm³/mol. The van der Waals surface area contributed by atoms with E-state index < -0.39 is 16.2 Å². The van der Waals surface area contributed by atoms with Crippen molar-refractivity contribution in [1.82, 2.24) is 4.90 Å². The first-order valence-electron chi connectivity index (χ1n) is 12.5. The Morgan fingerprint density at radius 1 is 1.06 bits per heavy atom. The van der Waals surface area contributed by atoms with Gasteiger partial charge in [0, 0.05) is 12.6 Å². The van der Waals surface area contributed by atoms with Crippen LogP contribution in [0.4, 0.5) is 0 Å². The van der Waals surface area contributed by atoms with Crippen molar-refractivity contribution < 1.29 is 32.3 Å². The molecule has 0 spiro atoms. The summed E-state index contributed by atoms with van der Waals surface area (Å²) in [4.78, 5) is 13.7. The highest BCUT2D eigenvalue weighted by atomic mass is 32.2. The van der Waals surface area contributed by atoms with Crippen molar-refractivity contribution in [2.75, 3.05) is 32.8 Å². The number of carbonyl (C=O) groups excluding carboxylic acids is 1. The largest absolute Gasteiger partial charge is 0.491 e. The number of benzene rings is 2. The van der Waals surface area contributed by atoms with Crippen LogP contribution in [0.5, 0.6) is 11.5 Å². The molecule has 0 amide bonds. The van der Waals surface area contributed by atoms with Gasteiger partial charge in [-0.3, -0.25) is 9.35 Å². The zero-order valence-electron chi connectivity index (χ0n) is 21.5. The van der Waals surface area contributed by atoms with E-state index in [1.165, 1.54) is 44.2 Å². The minimum absolute atomic E-state index is 0.000825. The Morgan fingerprint density at radius 2 is 1.75 bits per heavy atom. The minimum Gasteiger partial charge on any atom is -0.491 e. The lowest BCUT2D eigenvalue weighted by Gasteiger charge is -2.23. The van der Waals surface area contributed by atoms with Crippen molar-refractivity contribution in [3.63, 3.8) is 0 Å². The van der Waals surface area contributed by atoms with E-state index in [1.807, 2.05) is 6.92 Å². The maximum absolute atomic E-state index is 11.5. The fourth-order valence-corrected chi connectivity index (χ4v) is 4.21. The first kappa shape index (κ1) is 29.8. The molecule has 0 saturated heterocycles. The lowest BCUT2D eigenvalue weighted by molar-refractivity contribution is 0.0692. The van der Waals surface area contributed by atoms with E-state index in [0.717, 1.165) is 18.7 Å². The molecule has 0 aromatic heterocycles. The summed E-state index contributed by atoms with van der Waals surface area (Å²) in [6, 6.07) is 11.2. The topological polar surface area (TPSA) is 113 Å². The lowest BCUT2D eigenvalue weighted by Crippen LogP contribution is -2.36. The van der Waals surface area contributed by atoms with Gasteiger partial charge in [0.1, 0.15) is 24.2 Å². The second-order valence-corrected chi connectivity index (χ2v) is 10.4. The number of rotatable bonds is 13. The van der Waals surface area contributed by atoms with Crippen LogP contribution >= 0.6 is 0 Å². The van der Waals surface area contributed by atoms with Gasteiger partial charge in [0.05, 0.1) is 10.5 Å². The Labute approximate surface area is 215 Å². The number of aryl methyl sites for hydroxylation is 1. The van der Waals surface area contributed by atoms with Crippen LogP contribution in [0.25, 0.3) is 0 Å². The van der Waals surface area contributed by atoms with Crippen LogP contribution in [-0.2, 0) is 10.1 Å². The van der Waals surface area contributed by atoms with E-state index in [4.69, 9.17) is 14.0 Å². The number of aliphatic hydroxyl groups is 1. The number of Topliss-reactive ketones (excluding diaryl/α,β-unsaturated/α-hetero) is 1. The Balaban J connectivity index is 0.000000346. The predicted octanol–water partition coefficient (Wildman–Crippen LogP) is 4.54. The summed E-state index contributed by atoms with van der Waals surface area (Å²) in [6.07, 6.45) is 5.76. The maximum atomic E-state index is 11.5. The summed E-state index contributed by atoms with van der Waals surface area (Å²) in [5, 5.41) is 10.2. The lowest BCUT2D eigenvalue weighted by atomic mass is 10.1. The van der Waals surface area contributed by atoms with E-state index >= 15 is 0 Å². The molecule has 8 nitrogen and oxygen atoms in total. The van der Waals surface area contributed by atoms with Crippen molar-refractivity contribution >= 4 is 15.9 Å². The number of ketones is 1. The second kappa shape index (κ2) is 14.9. The molecule has 0 bridgehead atoms. The Bertz CT molecular complexity index is 1050.